The summed E-state index contributed by atoms with van der Waals surface area (Å²) in [6.45, 7) is 5.04. The molecule has 0 atom stereocenters. The molecule has 0 heterocycles. The summed E-state index contributed by atoms with van der Waals surface area (Å²) in [5.41, 5.74) is -1.58. The SMILES string of the molecule is [B]c1c([B])c([B])c(C([B])([B])N(O)C(=O)C(C)(C)CC)c([B])c1[B]. The Balaban J connectivity index is 3.54. The largest absolute Gasteiger partial charge is 0.287 e. The van der Waals surface area contributed by atoms with Crippen LogP contribution in [0.1, 0.15) is 32.8 Å². The zero-order valence-electron chi connectivity index (χ0n) is 13.6. The van der Waals surface area contributed by atoms with Crippen molar-refractivity contribution in [3.05, 3.63) is 5.56 Å². The zero-order chi connectivity index (χ0) is 18.3. The van der Waals surface area contributed by atoms with Crippen molar-refractivity contribution in [2.75, 3.05) is 0 Å². The minimum atomic E-state index is -2.24. The highest BCUT2D eigenvalue weighted by molar-refractivity contribution is 6.68. The van der Waals surface area contributed by atoms with Crippen LogP contribution in [0.5, 0.6) is 0 Å². The molecule has 3 nitrogen and oxygen atoms in total. The monoisotopic (exact) mass is 291 g/mol. The fourth-order valence-corrected chi connectivity index (χ4v) is 1.99. The van der Waals surface area contributed by atoms with E-state index in [0.29, 0.717) is 6.42 Å². The number of amides is 1. The number of carbonyl (C=O) groups is 1. The lowest BCUT2D eigenvalue weighted by Crippen LogP contribution is -2.63. The lowest BCUT2D eigenvalue weighted by Gasteiger charge is -2.42. The van der Waals surface area contributed by atoms with E-state index in [4.69, 9.17) is 54.9 Å². The van der Waals surface area contributed by atoms with Crippen LogP contribution in [-0.2, 0) is 10.1 Å². The molecule has 0 unspecified atom stereocenters. The minimum Gasteiger partial charge on any atom is -0.287 e. The Labute approximate surface area is 147 Å². The smallest absolute Gasteiger partial charge is 0.250 e. The first kappa shape index (κ1) is 20.1. The van der Waals surface area contributed by atoms with E-state index < -0.39 is 16.7 Å². The van der Waals surface area contributed by atoms with Crippen LogP contribution in [0.4, 0.5) is 0 Å². The molecule has 0 fully saturated rings. The third-order valence-corrected chi connectivity index (χ3v) is 4.11. The van der Waals surface area contributed by atoms with Gasteiger partial charge in [-0.3, -0.25) is 10.0 Å². The molecule has 0 bridgehead atoms. The Morgan fingerprint density at radius 3 is 1.65 bits per heavy atom. The summed E-state index contributed by atoms with van der Waals surface area (Å²) in [4.78, 5) is 12.4. The second kappa shape index (κ2) is 6.54. The Bertz CT molecular complexity index is 617. The Morgan fingerprint density at radius 2 is 1.30 bits per heavy atom. The summed E-state index contributed by atoms with van der Waals surface area (Å²) < 4.78 is 0. The van der Waals surface area contributed by atoms with Crippen molar-refractivity contribution < 1.29 is 10.0 Å². The van der Waals surface area contributed by atoms with Gasteiger partial charge < -0.3 is 0 Å². The van der Waals surface area contributed by atoms with Gasteiger partial charge in [0.2, 0.25) is 0 Å². The second-order valence-corrected chi connectivity index (χ2v) is 6.12. The van der Waals surface area contributed by atoms with Crippen LogP contribution in [0.3, 0.4) is 0 Å². The van der Waals surface area contributed by atoms with Crippen LogP contribution >= 0.6 is 0 Å². The van der Waals surface area contributed by atoms with Gasteiger partial charge in [0.15, 0.2) is 0 Å². The van der Waals surface area contributed by atoms with E-state index in [1.165, 1.54) is 0 Å². The number of hydrogen-bond donors (Lipinski definition) is 1. The molecule has 0 aliphatic heterocycles. The minimum absolute atomic E-state index is 0.0238. The second-order valence-electron chi connectivity index (χ2n) is 6.12. The normalized spacial score (nSPS) is 12.2. The van der Waals surface area contributed by atoms with Crippen molar-refractivity contribution in [1.82, 2.24) is 5.06 Å². The first-order chi connectivity index (χ1) is 10.3. The van der Waals surface area contributed by atoms with Crippen molar-refractivity contribution in [2.24, 2.45) is 5.41 Å². The average molecular weight is 290 g/mol. The summed E-state index contributed by atoms with van der Waals surface area (Å²) >= 11 is 0. The summed E-state index contributed by atoms with van der Waals surface area (Å²) in [5.74, 6) is -0.710. The number of rotatable bonds is 4. The fraction of sp³-hybridized carbons (Fsp3) is 0.462. The highest BCUT2D eigenvalue weighted by Crippen LogP contribution is 2.27. The van der Waals surface area contributed by atoms with Crippen LogP contribution in [0.15, 0.2) is 0 Å². The van der Waals surface area contributed by atoms with Crippen LogP contribution in [0.25, 0.3) is 0 Å². The molecule has 1 N–H and O–H groups in total. The topological polar surface area (TPSA) is 40.5 Å². The molecule has 23 heavy (non-hydrogen) atoms. The molecule has 102 valence electrons. The molecule has 0 aliphatic carbocycles. The van der Waals surface area contributed by atoms with Crippen molar-refractivity contribution >= 4 is 88.1 Å². The molecule has 1 amide bonds. The van der Waals surface area contributed by atoms with Crippen LogP contribution < -0.4 is 27.3 Å². The van der Waals surface area contributed by atoms with Gasteiger partial charge in [0, 0.05) is 10.8 Å². The number of hydroxylamine groups is 2. The maximum absolute atomic E-state index is 12.4. The standard InChI is InChI=1S/C13H12B7NO2/c1-4-12(2,3)11(22)21(23)13(19,20)5-6(14)8(16)10(18)9(17)7(5)15/h23H,4H2,1-3H3. The highest BCUT2D eigenvalue weighted by atomic mass is 16.5. The van der Waals surface area contributed by atoms with Crippen molar-refractivity contribution in [3.63, 3.8) is 0 Å². The zero-order valence-corrected chi connectivity index (χ0v) is 13.6. The van der Waals surface area contributed by atoms with Gasteiger partial charge in [-0.1, -0.05) is 26.3 Å². The highest BCUT2D eigenvalue weighted by Gasteiger charge is 2.39. The van der Waals surface area contributed by atoms with Gasteiger partial charge in [-0.05, 0) is 6.42 Å². The van der Waals surface area contributed by atoms with Crippen molar-refractivity contribution in [1.29, 1.82) is 0 Å². The third kappa shape index (κ3) is 3.33. The van der Waals surface area contributed by atoms with E-state index in [1.807, 2.05) is 0 Å². The molecule has 14 radical (unpaired) electrons. The van der Waals surface area contributed by atoms with Crippen LogP contribution in [0.2, 0.25) is 0 Å². The van der Waals surface area contributed by atoms with E-state index in [9.17, 15) is 10.0 Å². The summed E-state index contributed by atoms with van der Waals surface area (Å²) in [6, 6.07) is 0. The maximum Gasteiger partial charge on any atom is 0.250 e. The van der Waals surface area contributed by atoms with Gasteiger partial charge in [-0.25, -0.2) is 5.06 Å². The molecule has 0 aromatic heterocycles. The molecule has 0 aliphatic rings. The lowest BCUT2D eigenvalue weighted by molar-refractivity contribution is -0.184. The lowest BCUT2D eigenvalue weighted by atomic mass is 9.49. The molecule has 0 saturated carbocycles. The summed E-state index contributed by atoms with van der Waals surface area (Å²) in [7, 11) is 40.8. The van der Waals surface area contributed by atoms with Crippen molar-refractivity contribution in [2.45, 2.75) is 32.5 Å². The first-order valence-electron chi connectivity index (χ1n) is 6.93. The number of hydrogen-bond acceptors (Lipinski definition) is 2. The summed E-state index contributed by atoms with van der Waals surface area (Å²) in [5, 5.41) is 8.22. The third-order valence-electron chi connectivity index (χ3n) is 4.11. The molecule has 1 rings (SSSR count). The van der Waals surface area contributed by atoms with Gasteiger partial charge >= 0.3 is 0 Å². The van der Waals surface area contributed by atoms with Gasteiger partial charge in [0.1, 0.15) is 54.9 Å². The van der Waals surface area contributed by atoms with Gasteiger partial charge in [0.05, 0.1) is 0 Å². The molecule has 0 spiro atoms. The molecule has 0 saturated heterocycles. The predicted molar refractivity (Wildman–Crippen MR) is 99.3 cm³/mol. The van der Waals surface area contributed by atoms with Gasteiger partial charge in [0.25, 0.3) is 5.91 Å². The van der Waals surface area contributed by atoms with Crippen molar-refractivity contribution in [3.8, 4) is 0 Å². The fourth-order valence-electron chi connectivity index (χ4n) is 1.99. The van der Waals surface area contributed by atoms with E-state index in [0.717, 1.165) is 0 Å². The Kier molecular flexibility index (Phi) is 5.73. The van der Waals surface area contributed by atoms with Gasteiger partial charge in [-0.2, -0.15) is 0 Å². The molecule has 10 heteroatoms. The van der Waals surface area contributed by atoms with Crippen LogP contribution in [-0.4, -0.2) is 71.1 Å². The quantitative estimate of drug-likeness (QED) is 0.347. The number of benzene rings is 1. The maximum atomic E-state index is 12.4. The molecular formula is C13H12B7NO2. The molecule has 1 aromatic rings. The molecular weight excluding hydrogens is 278 g/mol. The van der Waals surface area contributed by atoms with E-state index in [2.05, 4.69) is 0 Å². The summed E-state index contributed by atoms with van der Waals surface area (Å²) in [6.07, 6.45) is 0.440. The Morgan fingerprint density at radius 1 is 0.957 bits per heavy atom. The van der Waals surface area contributed by atoms with E-state index in [1.54, 1.807) is 20.8 Å². The Hall–Kier alpha value is -0.895. The van der Waals surface area contributed by atoms with Crippen LogP contribution in [0, 0.1) is 5.41 Å². The van der Waals surface area contributed by atoms with E-state index in [-0.39, 0.29) is 37.9 Å². The van der Waals surface area contributed by atoms with E-state index >= 15 is 0 Å². The molecule has 1 aromatic carbocycles. The number of nitrogens with zero attached hydrogens (tertiary/aromatic N) is 1. The van der Waals surface area contributed by atoms with Gasteiger partial charge in [-0.15, -0.1) is 27.3 Å². The average Bonchev–Trinajstić information content (AvgIpc) is 2.49. The predicted octanol–water partition coefficient (Wildman–Crippen LogP) is -4.24. The first-order valence-corrected chi connectivity index (χ1v) is 6.93. The number of carbonyl (C=O) groups excluding carboxylic acids is 1.